The van der Waals surface area contributed by atoms with Crippen molar-refractivity contribution in [3.8, 4) is 0 Å². The number of halogens is 2. The molecule has 0 N–H and O–H groups in total. The predicted molar refractivity (Wildman–Crippen MR) is 74.6 cm³/mol. The summed E-state index contributed by atoms with van der Waals surface area (Å²) in [6.45, 7) is 0. The topological polar surface area (TPSA) is 43.1 Å². The molecular formula is C14H7Cl2NO2. The number of ketones is 1. The molecule has 0 saturated carbocycles. The summed E-state index contributed by atoms with van der Waals surface area (Å²) in [7, 11) is 0. The molecule has 0 spiro atoms. The van der Waals surface area contributed by atoms with E-state index in [1.807, 2.05) is 0 Å². The molecule has 94 valence electrons. The lowest BCUT2D eigenvalue weighted by Crippen LogP contribution is -2.17. The van der Waals surface area contributed by atoms with Crippen LogP contribution in [0.5, 0.6) is 0 Å². The first-order valence-electron chi connectivity index (χ1n) is 5.53. The number of hydrogen-bond acceptors (Lipinski definition) is 2. The maximum absolute atomic E-state index is 12.3. The Bertz CT molecular complexity index is 738. The summed E-state index contributed by atoms with van der Waals surface area (Å²) in [5.74, 6) is -0.361. The number of carbonyl (C=O) groups is 1. The van der Waals surface area contributed by atoms with E-state index in [0.717, 1.165) is 0 Å². The van der Waals surface area contributed by atoms with E-state index in [1.165, 1.54) is 0 Å². The Hall–Kier alpha value is -1.84. The molecule has 0 atom stereocenters. The van der Waals surface area contributed by atoms with Crippen molar-refractivity contribution in [1.82, 2.24) is 0 Å². The second-order valence-corrected chi connectivity index (χ2v) is 4.90. The van der Waals surface area contributed by atoms with Gasteiger partial charge in [-0.15, -0.1) is 0 Å². The van der Waals surface area contributed by atoms with Gasteiger partial charge in [0.25, 0.3) is 11.5 Å². The lowest BCUT2D eigenvalue weighted by atomic mass is 10.0. The molecule has 2 aromatic rings. The Morgan fingerprint density at radius 2 is 1.53 bits per heavy atom. The van der Waals surface area contributed by atoms with Gasteiger partial charge < -0.3 is 5.21 Å². The second-order valence-electron chi connectivity index (χ2n) is 4.09. The summed E-state index contributed by atoms with van der Waals surface area (Å²) in [6.07, 6.45) is 0. The van der Waals surface area contributed by atoms with Crippen LogP contribution in [0, 0.1) is 5.21 Å². The Kier molecular flexibility index (Phi) is 2.81. The molecule has 0 unspecified atom stereocenters. The van der Waals surface area contributed by atoms with Crippen LogP contribution in [-0.4, -0.2) is 16.2 Å². The molecule has 3 rings (SSSR count). The standard InChI is InChI=1S/C14H7Cl2NO2/c15-10-6-2-1-4-8(10)13-14(18)9-5-3-7-11(16)12(9)17(13)19/h1-7H. The van der Waals surface area contributed by atoms with E-state index in [-0.39, 0.29) is 22.2 Å². The van der Waals surface area contributed by atoms with Crippen LogP contribution in [0.15, 0.2) is 42.5 Å². The van der Waals surface area contributed by atoms with Gasteiger partial charge in [-0.05, 0) is 24.3 Å². The average molecular weight is 292 g/mol. The van der Waals surface area contributed by atoms with Crippen molar-refractivity contribution < 1.29 is 9.53 Å². The third kappa shape index (κ3) is 1.74. The first-order chi connectivity index (χ1) is 9.11. The van der Waals surface area contributed by atoms with Gasteiger partial charge in [-0.25, -0.2) is 0 Å². The van der Waals surface area contributed by atoms with Gasteiger partial charge >= 0.3 is 0 Å². The minimum Gasteiger partial charge on any atom is -0.618 e. The van der Waals surface area contributed by atoms with Gasteiger partial charge in [0.2, 0.25) is 5.69 Å². The monoisotopic (exact) mass is 291 g/mol. The summed E-state index contributed by atoms with van der Waals surface area (Å²) in [5.41, 5.74) is 0.909. The van der Waals surface area contributed by atoms with Crippen LogP contribution in [0.2, 0.25) is 10.0 Å². The van der Waals surface area contributed by atoms with E-state index in [1.54, 1.807) is 42.5 Å². The molecule has 1 aliphatic heterocycles. The maximum Gasteiger partial charge on any atom is 0.274 e. The van der Waals surface area contributed by atoms with Gasteiger partial charge in [-0.1, -0.05) is 41.4 Å². The zero-order chi connectivity index (χ0) is 13.6. The molecule has 0 amide bonds. The Morgan fingerprint density at radius 3 is 2.21 bits per heavy atom. The highest BCUT2D eigenvalue weighted by Gasteiger charge is 2.38. The Balaban J connectivity index is 2.29. The van der Waals surface area contributed by atoms with Crippen molar-refractivity contribution in [2.24, 2.45) is 0 Å². The van der Waals surface area contributed by atoms with Crippen molar-refractivity contribution >= 4 is 40.4 Å². The summed E-state index contributed by atoms with van der Waals surface area (Å²) >= 11 is 12.0. The second kappa shape index (κ2) is 4.37. The number of carbonyl (C=O) groups excluding carboxylic acids is 1. The van der Waals surface area contributed by atoms with E-state index >= 15 is 0 Å². The van der Waals surface area contributed by atoms with E-state index in [9.17, 15) is 10.0 Å². The minimum atomic E-state index is -0.361. The van der Waals surface area contributed by atoms with Crippen molar-refractivity contribution in [3.63, 3.8) is 0 Å². The zero-order valence-electron chi connectivity index (χ0n) is 9.56. The van der Waals surface area contributed by atoms with Crippen LogP contribution in [0.1, 0.15) is 15.9 Å². The third-order valence-corrected chi connectivity index (χ3v) is 3.62. The van der Waals surface area contributed by atoms with Crippen LogP contribution in [0.4, 0.5) is 5.69 Å². The molecule has 5 heteroatoms. The molecular weight excluding hydrogens is 285 g/mol. The largest absolute Gasteiger partial charge is 0.618 e. The lowest BCUT2D eigenvalue weighted by molar-refractivity contribution is -0.355. The SMILES string of the molecule is O=C1C(c2ccccc2Cl)=[N+]([O-])c2c(Cl)cccc21. The fourth-order valence-corrected chi connectivity index (χ4v) is 2.60. The number of para-hydroxylation sites is 1. The quantitative estimate of drug-likeness (QED) is 0.592. The summed E-state index contributed by atoms with van der Waals surface area (Å²) < 4.78 is 0.557. The lowest BCUT2D eigenvalue weighted by Gasteiger charge is -2.04. The highest BCUT2D eigenvalue weighted by molar-refractivity contribution is 6.55. The van der Waals surface area contributed by atoms with Crippen molar-refractivity contribution in [2.75, 3.05) is 0 Å². The van der Waals surface area contributed by atoms with E-state index in [4.69, 9.17) is 23.2 Å². The highest BCUT2D eigenvalue weighted by Crippen LogP contribution is 2.35. The first kappa shape index (κ1) is 12.2. The molecule has 0 fully saturated rings. The summed E-state index contributed by atoms with van der Waals surface area (Å²) in [5, 5.41) is 12.9. The number of rotatable bonds is 1. The molecule has 0 saturated heterocycles. The molecule has 19 heavy (non-hydrogen) atoms. The predicted octanol–water partition coefficient (Wildman–Crippen LogP) is 3.82. The highest BCUT2D eigenvalue weighted by atomic mass is 35.5. The molecule has 3 nitrogen and oxygen atoms in total. The molecule has 0 bridgehead atoms. The van der Waals surface area contributed by atoms with Gasteiger partial charge in [-0.2, -0.15) is 4.74 Å². The number of benzene rings is 2. The van der Waals surface area contributed by atoms with E-state index < -0.39 is 0 Å². The minimum absolute atomic E-state index is 0.00806. The smallest absolute Gasteiger partial charge is 0.274 e. The Labute approximate surface area is 119 Å². The van der Waals surface area contributed by atoms with Crippen molar-refractivity contribution in [2.45, 2.75) is 0 Å². The fraction of sp³-hybridized carbons (Fsp3) is 0. The normalized spacial score (nSPS) is 13.9. The van der Waals surface area contributed by atoms with Gasteiger partial charge in [-0.3, -0.25) is 4.79 Å². The van der Waals surface area contributed by atoms with Gasteiger partial charge in [0.15, 0.2) is 0 Å². The molecule has 1 aliphatic rings. The molecule has 0 radical (unpaired) electrons. The number of hydrogen-bond donors (Lipinski definition) is 0. The molecule has 1 heterocycles. The fourth-order valence-electron chi connectivity index (χ4n) is 2.12. The van der Waals surface area contributed by atoms with Crippen LogP contribution < -0.4 is 0 Å². The van der Waals surface area contributed by atoms with Crippen molar-refractivity contribution in [3.05, 3.63) is 68.8 Å². The molecule has 0 aromatic heterocycles. The van der Waals surface area contributed by atoms with E-state index in [0.29, 0.717) is 20.9 Å². The number of nitrogens with zero attached hydrogens (tertiary/aromatic N) is 1. The van der Waals surface area contributed by atoms with Crippen LogP contribution >= 0.6 is 23.2 Å². The zero-order valence-corrected chi connectivity index (χ0v) is 11.1. The van der Waals surface area contributed by atoms with E-state index in [2.05, 4.69) is 0 Å². The van der Waals surface area contributed by atoms with Crippen LogP contribution in [0.25, 0.3) is 0 Å². The first-order valence-corrected chi connectivity index (χ1v) is 6.29. The van der Waals surface area contributed by atoms with Crippen molar-refractivity contribution in [1.29, 1.82) is 0 Å². The maximum atomic E-state index is 12.3. The van der Waals surface area contributed by atoms with Gasteiger partial charge in [0.05, 0.1) is 10.6 Å². The molecule has 0 aliphatic carbocycles. The number of fused-ring (bicyclic) bond motifs is 1. The van der Waals surface area contributed by atoms with Crippen LogP contribution in [0.3, 0.4) is 0 Å². The Morgan fingerprint density at radius 1 is 0.895 bits per heavy atom. The van der Waals surface area contributed by atoms with Crippen LogP contribution in [-0.2, 0) is 0 Å². The summed E-state index contributed by atoms with van der Waals surface area (Å²) in [6, 6.07) is 11.5. The number of Topliss-reactive ketones (excluding diaryl/α,β-unsaturated/α-hetero) is 1. The summed E-state index contributed by atoms with van der Waals surface area (Å²) in [4.78, 5) is 12.3. The molecule has 2 aromatic carbocycles. The average Bonchev–Trinajstić information content (AvgIpc) is 2.64. The third-order valence-electron chi connectivity index (χ3n) is 2.98. The van der Waals surface area contributed by atoms with Gasteiger partial charge in [0.1, 0.15) is 10.6 Å². The van der Waals surface area contributed by atoms with Gasteiger partial charge in [0, 0.05) is 0 Å².